The Morgan fingerprint density at radius 2 is 1.54 bits per heavy atom. The molecule has 0 aliphatic heterocycles. The van der Waals surface area contributed by atoms with E-state index in [0.29, 0.717) is 35.8 Å². The lowest BCUT2D eigenvalue weighted by molar-refractivity contribution is -0.128. The molecule has 39 heavy (non-hydrogen) atoms. The van der Waals surface area contributed by atoms with Gasteiger partial charge in [0.2, 0.25) is 11.2 Å². The minimum atomic E-state index is -0.581. The molecule has 0 unspecified atom stereocenters. The van der Waals surface area contributed by atoms with Gasteiger partial charge in [-0.2, -0.15) is 0 Å². The van der Waals surface area contributed by atoms with Gasteiger partial charge in [-0.15, -0.1) is 0 Å². The minimum Gasteiger partial charge on any atom is -0.490 e. The number of benzene rings is 3. The molecule has 1 heterocycles. The van der Waals surface area contributed by atoms with Gasteiger partial charge in [-0.05, 0) is 72.9 Å². The Labute approximate surface area is 227 Å². The smallest absolute Gasteiger partial charge is 0.336 e. The molecule has 0 radical (unpaired) electrons. The van der Waals surface area contributed by atoms with Gasteiger partial charge in [0.25, 0.3) is 0 Å². The SMILES string of the molecule is CCOc1ccc(C=CC(=O)Oc2ccc3c(=O)c(Oc4ccc(C(C)(C)C)cc4)coc3c2)cc1OCC. The van der Waals surface area contributed by atoms with Gasteiger partial charge >= 0.3 is 5.97 Å². The fourth-order valence-electron chi connectivity index (χ4n) is 3.86. The van der Waals surface area contributed by atoms with Gasteiger partial charge < -0.3 is 23.4 Å². The average molecular weight is 529 g/mol. The molecule has 0 aliphatic carbocycles. The molecule has 0 fully saturated rings. The predicted molar refractivity (Wildman–Crippen MR) is 151 cm³/mol. The highest BCUT2D eigenvalue weighted by atomic mass is 16.5. The van der Waals surface area contributed by atoms with E-state index in [9.17, 15) is 9.59 Å². The van der Waals surface area contributed by atoms with Crippen molar-refractivity contribution in [2.24, 2.45) is 0 Å². The van der Waals surface area contributed by atoms with Crippen LogP contribution in [0.15, 0.2) is 82.2 Å². The van der Waals surface area contributed by atoms with Crippen molar-refractivity contribution in [3.05, 3.63) is 94.4 Å². The molecule has 4 aromatic rings. The van der Waals surface area contributed by atoms with E-state index in [2.05, 4.69) is 20.8 Å². The largest absolute Gasteiger partial charge is 0.490 e. The third-order valence-corrected chi connectivity index (χ3v) is 5.86. The zero-order chi connectivity index (χ0) is 28.0. The molecular weight excluding hydrogens is 496 g/mol. The van der Waals surface area contributed by atoms with E-state index in [1.54, 1.807) is 24.3 Å². The van der Waals surface area contributed by atoms with Crippen LogP contribution in [0.3, 0.4) is 0 Å². The summed E-state index contributed by atoms with van der Waals surface area (Å²) in [5.74, 6) is 1.51. The standard InChI is InChI=1S/C32H32O7/c1-6-35-26-16-8-21(18-28(26)36-7-2)9-17-30(33)39-24-14-15-25-27(19-24)37-20-29(31(25)34)38-23-12-10-22(11-13-23)32(3,4)5/h8-20H,6-7H2,1-5H3. The highest BCUT2D eigenvalue weighted by Gasteiger charge is 2.15. The molecule has 1 aromatic heterocycles. The monoisotopic (exact) mass is 528 g/mol. The highest BCUT2D eigenvalue weighted by Crippen LogP contribution is 2.30. The first-order chi connectivity index (χ1) is 18.7. The molecule has 0 saturated heterocycles. The number of fused-ring (bicyclic) bond motifs is 1. The molecule has 0 aliphatic rings. The van der Waals surface area contributed by atoms with E-state index in [1.165, 1.54) is 24.5 Å². The Kier molecular flexibility index (Phi) is 8.39. The maximum atomic E-state index is 13.0. The van der Waals surface area contributed by atoms with Crippen LogP contribution in [0.4, 0.5) is 0 Å². The molecule has 4 rings (SSSR count). The van der Waals surface area contributed by atoms with Crippen molar-refractivity contribution in [2.45, 2.75) is 40.0 Å². The number of rotatable bonds is 9. The molecule has 3 aromatic carbocycles. The number of carbonyl (C=O) groups excluding carboxylic acids is 1. The van der Waals surface area contributed by atoms with Crippen LogP contribution in [0, 0.1) is 0 Å². The molecule has 0 bridgehead atoms. The Bertz CT molecular complexity index is 1540. The van der Waals surface area contributed by atoms with Gasteiger partial charge in [0.1, 0.15) is 23.3 Å². The van der Waals surface area contributed by atoms with Gasteiger partial charge in [0.05, 0.1) is 18.6 Å². The molecule has 202 valence electrons. The van der Waals surface area contributed by atoms with E-state index in [-0.39, 0.29) is 27.9 Å². The molecule has 0 amide bonds. The van der Waals surface area contributed by atoms with Crippen molar-refractivity contribution in [2.75, 3.05) is 13.2 Å². The van der Waals surface area contributed by atoms with Crippen LogP contribution >= 0.6 is 0 Å². The molecule has 0 spiro atoms. The second kappa shape index (κ2) is 11.9. The van der Waals surface area contributed by atoms with Crippen LogP contribution in [0.5, 0.6) is 28.7 Å². The maximum Gasteiger partial charge on any atom is 0.336 e. The normalized spacial score (nSPS) is 11.5. The van der Waals surface area contributed by atoms with Gasteiger partial charge in [0.15, 0.2) is 11.5 Å². The molecule has 0 saturated carbocycles. The molecule has 7 nitrogen and oxygen atoms in total. The second-order valence-corrected chi connectivity index (χ2v) is 9.79. The molecule has 7 heteroatoms. The number of carbonyl (C=O) groups is 1. The van der Waals surface area contributed by atoms with Crippen molar-refractivity contribution >= 4 is 23.0 Å². The van der Waals surface area contributed by atoms with Gasteiger partial charge in [0, 0.05) is 12.1 Å². The summed E-state index contributed by atoms with van der Waals surface area (Å²) < 4.78 is 28.0. The van der Waals surface area contributed by atoms with Gasteiger partial charge in [-0.25, -0.2) is 4.79 Å². The second-order valence-electron chi connectivity index (χ2n) is 9.79. The summed E-state index contributed by atoms with van der Waals surface area (Å²) in [6.07, 6.45) is 4.20. The summed E-state index contributed by atoms with van der Waals surface area (Å²) in [4.78, 5) is 25.4. The van der Waals surface area contributed by atoms with E-state index in [0.717, 1.165) is 11.1 Å². The summed E-state index contributed by atoms with van der Waals surface area (Å²) in [5.41, 5.74) is 1.88. The van der Waals surface area contributed by atoms with E-state index >= 15 is 0 Å². The van der Waals surface area contributed by atoms with Crippen molar-refractivity contribution in [3.63, 3.8) is 0 Å². The first-order valence-electron chi connectivity index (χ1n) is 12.8. The number of ether oxygens (including phenoxy) is 4. The number of hydrogen-bond donors (Lipinski definition) is 0. The van der Waals surface area contributed by atoms with Gasteiger partial charge in [-0.1, -0.05) is 39.0 Å². The van der Waals surface area contributed by atoms with E-state index in [1.807, 2.05) is 44.2 Å². The van der Waals surface area contributed by atoms with Crippen LogP contribution in [-0.2, 0) is 10.2 Å². The zero-order valence-corrected chi connectivity index (χ0v) is 22.8. The van der Waals surface area contributed by atoms with Crippen LogP contribution in [0.2, 0.25) is 0 Å². The van der Waals surface area contributed by atoms with Crippen LogP contribution in [0.25, 0.3) is 17.0 Å². The van der Waals surface area contributed by atoms with Crippen LogP contribution in [0.1, 0.15) is 45.7 Å². The summed E-state index contributed by atoms with van der Waals surface area (Å²) in [7, 11) is 0. The maximum absolute atomic E-state index is 13.0. The topological polar surface area (TPSA) is 84.2 Å². The van der Waals surface area contributed by atoms with Gasteiger partial charge in [-0.3, -0.25) is 4.79 Å². The average Bonchev–Trinajstić information content (AvgIpc) is 2.90. The lowest BCUT2D eigenvalue weighted by Crippen LogP contribution is -2.10. The molecular formula is C32H32O7. The zero-order valence-electron chi connectivity index (χ0n) is 22.8. The fourth-order valence-corrected chi connectivity index (χ4v) is 3.86. The molecule has 0 atom stereocenters. The Balaban J connectivity index is 1.45. The van der Waals surface area contributed by atoms with E-state index in [4.69, 9.17) is 23.4 Å². The quantitative estimate of drug-likeness (QED) is 0.128. The first kappa shape index (κ1) is 27.5. The lowest BCUT2D eigenvalue weighted by Gasteiger charge is -2.19. The van der Waals surface area contributed by atoms with Crippen molar-refractivity contribution in [1.29, 1.82) is 0 Å². The summed E-state index contributed by atoms with van der Waals surface area (Å²) in [6, 6.07) is 17.6. The van der Waals surface area contributed by atoms with Crippen LogP contribution in [-0.4, -0.2) is 19.2 Å². The fraction of sp³-hybridized carbons (Fsp3) is 0.250. The molecule has 0 N–H and O–H groups in total. The van der Waals surface area contributed by atoms with E-state index < -0.39 is 5.97 Å². The van der Waals surface area contributed by atoms with Crippen LogP contribution < -0.4 is 24.4 Å². The van der Waals surface area contributed by atoms with Crippen molar-refractivity contribution < 1.29 is 28.2 Å². The number of esters is 1. The Morgan fingerprint density at radius 1 is 0.846 bits per heavy atom. The summed E-state index contributed by atoms with van der Waals surface area (Å²) in [5, 5.41) is 0.312. The van der Waals surface area contributed by atoms with Crippen molar-refractivity contribution in [3.8, 4) is 28.7 Å². The third kappa shape index (κ3) is 6.87. The summed E-state index contributed by atoms with van der Waals surface area (Å²) in [6.45, 7) is 11.2. The minimum absolute atomic E-state index is 0.0138. The Morgan fingerprint density at radius 3 is 2.23 bits per heavy atom. The first-order valence-corrected chi connectivity index (χ1v) is 12.8. The Hall–Kier alpha value is -4.52. The van der Waals surface area contributed by atoms with Crippen molar-refractivity contribution in [1.82, 2.24) is 0 Å². The lowest BCUT2D eigenvalue weighted by atomic mass is 9.87. The summed E-state index contributed by atoms with van der Waals surface area (Å²) >= 11 is 0. The predicted octanol–water partition coefficient (Wildman–Crippen LogP) is 7.30. The highest BCUT2D eigenvalue weighted by molar-refractivity contribution is 5.89. The third-order valence-electron chi connectivity index (χ3n) is 5.86. The number of hydrogen-bond acceptors (Lipinski definition) is 7.